The van der Waals surface area contributed by atoms with Gasteiger partial charge in [-0.1, -0.05) is 43.3 Å². The number of piperidine rings is 1. The first-order valence-corrected chi connectivity index (χ1v) is 15.0. The second-order valence-electron chi connectivity index (χ2n) is 10.7. The van der Waals surface area contributed by atoms with Crippen molar-refractivity contribution in [1.82, 2.24) is 18.8 Å². The van der Waals surface area contributed by atoms with Gasteiger partial charge in [0, 0.05) is 43.6 Å². The van der Waals surface area contributed by atoms with Gasteiger partial charge in [-0.15, -0.1) is 0 Å². The third-order valence-electron chi connectivity index (χ3n) is 7.64. The highest BCUT2D eigenvalue weighted by molar-refractivity contribution is 6.05. The molecule has 2 amide bonds. The lowest BCUT2D eigenvalue weighted by Crippen LogP contribution is -2.30. The molecule has 7 rings (SSSR count). The number of anilines is 3. The molecular formula is C35H35N7O2. The van der Waals surface area contributed by atoms with Gasteiger partial charge in [-0.3, -0.25) is 9.59 Å². The number of aromatic nitrogens is 4. The number of para-hydroxylation sites is 2. The van der Waals surface area contributed by atoms with Crippen LogP contribution in [0.3, 0.4) is 0 Å². The number of benzene rings is 2. The van der Waals surface area contributed by atoms with Crippen LogP contribution < -0.4 is 15.5 Å². The van der Waals surface area contributed by atoms with Crippen molar-refractivity contribution in [2.24, 2.45) is 0 Å². The first kappa shape index (κ1) is 28.7. The highest BCUT2D eigenvalue weighted by Gasteiger charge is 2.17. The number of fused-ring (bicyclic) bond motifs is 2. The molecule has 1 saturated heterocycles. The molecule has 2 N–H and O–H groups in total. The van der Waals surface area contributed by atoms with Gasteiger partial charge in [-0.2, -0.15) is 0 Å². The van der Waals surface area contributed by atoms with Crippen LogP contribution in [0.4, 0.5) is 17.1 Å². The van der Waals surface area contributed by atoms with Crippen LogP contribution in [0, 0.1) is 0 Å². The molecule has 0 bridgehead atoms. The minimum Gasteiger partial charge on any atom is -0.370 e. The van der Waals surface area contributed by atoms with Crippen molar-refractivity contribution in [3.05, 3.63) is 127 Å². The van der Waals surface area contributed by atoms with Crippen LogP contribution in [-0.4, -0.2) is 43.7 Å². The summed E-state index contributed by atoms with van der Waals surface area (Å²) in [5.74, 6) is -0.370. The number of rotatable bonds is 6. The minimum absolute atomic E-state index is 0.178. The highest BCUT2D eigenvalue weighted by Crippen LogP contribution is 2.28. The van der Waals surface area contributed by atoms with Gasteiger partial charge in [0.25, 0.3) is 11.8 Å². The fourth-order valence-electron chi connectivity index (χ4n) is 5.33. The maximum Gasteiger partial charge on any atom is 0.275 e. The van der Waals surface area contributed by atoms with E-state index < -0.39 is 0 Å². The number of imidazole rings is 2. The molecule has 0 aliphatic carbocycles. The molecule has 1 aliphatic heterocycles. The van der Waals surface area contributed by atoms with Crippen LogP contribution >= 0.6 is 0 Å². The van der Waals surface area contributed by atoms with Crippen molar-refractivity contribution in [2.45, 2.75) is 32.6 Å². The quantitative estimate of drug-likeness (QED) is 0.226. The van der Waals surface area contributed by atoms with Gasteiger partial charge in [-0.25, -0.2) is 9.97 Å². The van der Waals surface area contributed by atoms with Crippen LogP contribution in [0.5, 0.6) is 0 Å². The second-order valence-corrected chi connectivity index (χ2v) is 10.7. The summed E-state index contributed by atoms with van der Waals surface area (Å²) in [5, 5.41) is 5.91. The van der Waals surface area contributed by atoms with Crippen LogP contribution in [0.2, 0.25) is 0 Å². The molecular weight excluding hydrogens is 550 g/mol. The van der Waals surface area contributed by atoms with Crippen LogP contribution in [0.25, 0.3) is 11.3 Å². The van der Waals surface area contributed by atoms with Crippen LogP contribution in [0.1, 0.15) is 52.7 Å². The Kier molecular flexibility index (Phi) is 8.63. The molecule has 1 fully saturated rings. The van der Waals surface area contributed by atoms with E-state index in [1.165, 1.54) is 24.8 Å². The molecule has 5 heterocycles. The number of carbonyl (C=O) groups is 2. The summed E-state index contributed by atoms with van der Waals surface area (Å²) in [6.45, 7) is 4.17. The molecule has 0 unspecified atom stereocenters. The van der Waals surface area contributed by atoms with E-state index in [1.807, 2.05) is 100 Å². The normalized spacial score (nSPS) is 12.9. The Morgan fingerprint density at radius 3 is 1.95 bits per heavy atom. The van der Waals surface area contributed by atoms with E-state index in [0.29, 0.717) is 11.4 Å². The molecule has 44 heavy (non-hydrogen) atoms. The molecule has 9 heteroatoms. The van der Waals surface area contributed by atoms with Crippen LogP contribution in [0.15, 0.2) is 110 Å². The van der Waals surface area contributed by atoms with E-state index in [2.05, 4.69) is 38.5 Å². The average molecular weight is 586 g/mol. The lowest BCUT2D eigenvalue weighted by atomic mass is 10.1. The van der Waals surface area contributed by atoms with Crippen molar-refractivity contribution in [3.8, 4) is 0 Å². The summed E-state index contributed by atoms with van der Waals surface area (Å²) >= 11 is 0. The fraction of sp³-hybridized carbons (Fsp3) is 0.200. The molecule has 2 aromatic carbocycles. The van der Waals surface area contributed by atoms with Gasteiger partial charge in [0.15, 0.2) is 0 Å². The Balaban J connectivity index is 0.000000159. The van der Waals surface area contributed by atoms with Gasteiger partial charge in [0.05, 0.1) is 11.4 Å². The highest BCUT2D eigenvalue weighted by atomic mass is 16.2. The average Bonchev–Trinajstić information content (AvgIpc) is 3.71. The van der Waals surface area contributed by atoms with Crippen molar-refractivity contribution < 1.29 is 9.59 Å². The van der Waals surface area contributed by atoms with E-state index in [9.17, 15) is 9.59 Å². The van der Waals surface area contributed by atoms with Gasteiger partial charge in [-0.05, 0) is 79.8 Å². The maximum atomic E-state index is 12.6. The summed E-state index contributed by atoms with van der Waals surface area (Å²) in [4.78, 5) is 35.9. The summed E-state index contributed by atoms with van der Waals surface area (Å²) < 4.78 is 3.68. The van der Waals surface area contributed by atoms with Crippen molar-refractivity contribution >= 4 is 40.2 Å². The molecule has 6 aromatic rings. The number of hydrogen-bond donors (Lipinski definition) is 2. The number of carbonyl (C=O) groups excluding carboxylic acids is 2. The smallest absolute Gasteiger partial charge is 0.275 e. The predicted molar refractivity (Wildman–Crippen MR) is 175 cm³/mol. The molecule has 1 aliphatic rings. The Bertz CT molecular complexity index is 1840. The van der Waals surface area contributed by atoms with E-state index in [4.69, 9.17) is 0 Å². The molecule has 0 atom stereocenters. The van der Waals surface area contributed by atoms with E-state index >= 15 is 0 Å². The number of pyridine rings is 2. The lowest BCUT2D eigenvalue weighted by Gasteiger charge is -2.30. The third-order valence-corrected chi connectivity index (χ3v) is 7.64. The molecule has 0 saturated carbocycles. The molecule has 9 nitrogen and oxygen atoms in total. The Morgan fingerprint density at radius 2 is 1.32 bits per heavy atom. The molecule has 4 aromatic heterocycles. The summed E-state index contributed by atoms with van der Waals surface area (Å²) in [6.07, 6.45) is 11.9. The Hall–Kier alpha value is -5.44. The topological polar surface area (TPSA) is 96.0 Å². The number of aryl methyl sites for hydroxylation is 1. The first-order chi connectivity index (χ1) is 21.6. The van der Waals surface area contributed by atoms with Gasteiger partial charge in [0.2, 0.25) is 0 Å². The Morgan fingerprint density at radius 1 is 0.705 bits per heavy atom. The zero-order valence-corrected chi connectivity index (χ0v) is 24.7. The van der Waals surface area contributed by atoms with Crippen molar-refractivity contribution in [3.63, 3.8) is 0 Å². The standard InChI is InChI=1S/C19H20N4O.C16H15N3O/c24-19(16-14-23-13-7-4-10-18(23)20-16)21-15-8-2-3-9-17(15)22-11-5-1-6-12-22;1-2-12-6-5-7-13(10-12)17-16(20)14-11-19-9-4-3-8-15(19)18-14/h2-4,7-10,13-14H,1,5-6,11-12H2,(H,21,24);3-11H,2H2,1H3,(H,17,20). The monoisotopic (exact) mass is 585 g/mol. The molecule has 222 valence electrons. The maximum absolute atomic E-state index is 12.6. The minimum atomic E-state index is -0.193. The molecule has 0 spiro atoms. The lowest BCUT2D eigenvalue weighted by molar-refractivity contribution is 0.101. The fourth-order valence-corrected chi connectivity index (χ4v) is 5.33. The first-order valence-electron chi connectivity index (χ1n) is 15.0. The number of hydrogen-bond acceptors (Lipinski definition) is 5. The van der Waals surface area contributed by atoms with E-state index in [0.717, 1.165) is 47.9 Å². The number of nitrogens with zero attached hydrogens (tertiary/aromatic N) is 5. The zero-order chi connectivity index (χ0) is 30.3. The number of amides is 2. The van der Waals surface area contributed by atoms with Gasteiger partial charge in [0.1, 0.15) is 22.7 Å². The van der Waals surface area contributed by atoms with Crippen molar-refractivity contribution in [2.75, 3.05) is 28.6 Å². The summed E-state index contributed by atoms with van der Waals surface area (Å²) in [7, 11) is 0. The second kappa shape index (κ2) is 13.2. The summed E-state index contributed by atoms with van der Waals surface area (Å²) in [6, 6.07) is 27.2. The van der Waals surface area contributed by atoms with Crippen molar-refractivity contribution in [1.29, 1.82) is 0 Å². The largest absolute Gasteiger partial charge is 0.370 e. The predicted octanol–water partition coefficient (Wildman–Crippen LogP) is 6.73. The SMILES string of the molecule is CCc1cccc(NC(=O)c2cn3ccccc3n2)c1.O=C(Nc1ccccc1N1CCCCC1)c1cn2ccccc2n1. The van der Waals surface area contributed by atoms with Crippen LogP contribution in [-0.2, 0) is 6.42 Å². The van der Waals surface area contributed by atoms with Gasteiger partial charge >= 0.3 is 0 Å². The van der Waals surface area contributed by atoms with Gasteiger partial charge < -0.3 is 24.3 Å². The summed E-state index contributed by atoms with van der Waals surface area (Å²) in [5.41, 5.74) is 6.31. The zero-order valence-electron chi connectivity index (χ0n) is 24.7. The van der Waals surface area contributed by atoms with E-state index in [1.54, 1.807) is 12.4 Å². The Labute approximate surface area is 256 Å². The molecule has 0 radical (unpaired) electrons. The van der Waals surface area contributed by atoms with E-state index in [-0.39, 0.29) is 11.8 Å². The number of nitrogens with one attached hydrogen (secondary N) is 2. The third kappa shape index (κ3) is 6.62.